The van der Waals surface area contributed by atoms with Crippen molar-refractivity contribution in [2.45, 2.75) is 44.3 Å². The van der Waals surface area contributed by atoms with Gasteiger partial charge in [-0.05, 0) is 60.7 Å². The van der Waals surface area contributed by atoms with E-state index in [1.165, 1.54) is 0 Å². The van der Waals surface area contributed by atoms with Crippen LogP contribution in [0.4, 0.5) is 4.79 Å². The molecule has 2 heterocycles. The third kappa shape index (κ3) is 4.79. The maximum atomic E-state index is 12.9. The van der Waals surface area contributed by atoms with Crippen LogP contribution in [-0.2, 0) is 16.0 Å². The van der Waals surface area contributed by atoms with Gasteiger partial charge >= 0.3 is 6.03 Å². The minimum atomic E-state index is -1.10. The molecule has 1 unspecified atom stereocenters. The van der Waals surface area contributed by atoms with Crippen LogP contribution in [0, 0.1) is 13.8 Å². The second-order valence-electron chi connectivity index (χ2n) is 8.33. The molecule has 1 atom stereocenters. The highest BCUT2D eigenvalue weighted by molar-refractivity contribution is 7.99. The Hall–Kier alpha value is -3.73. The average Bonchev–Trinajstić information content (AvgIpc) is 3.35. The topological polar surface area (TPSA) is 122 Å². The fourth-order valence-corrected chi connectivity index (χ4v) is 4.50. The first kappa shape index (κ1) is 23.4. The van der Waals surface area contributed by atoms with Gasteiger partial charge in [0.2, 0.25) is 11.1 Å². The monoisotopic (exact) mass is 479 g/mol. The van der Waals surface area contributed by atoms with Gasteiger partial charge in [-0.15, -0.1) is 5.10 Å². The summed E-state index contributed by atoms with van der Waals surface area (Å²) in [5, 5.41) is 15.7. The summed E-state index contributed by atoms with van der Waals surface area (Å²) in [7, 11) is 0. The fourth-order valence-electron chi connectivity index (χ4n) is 3.83. The number of hydrogen-bond acceptors (Lipinski definition) is 7. The van der Waals surface area contributed by atoms with Crippen molar-refractivity contribution in [1.82, 2.24) is 36.0 Å². The van der Waals surface area contributed by atoms with E-state index in [9.17, 15) is 14.4 Å². The molecule has 1 aromatic heterocycles. The summed E-state index contributed by atoms with van der Waals surface area (Å²) >= 11 is 1.11. The summed E-state index contributed by atoms with van der Waals surface area (Å²) in [5.74, 6) is -1.09. The number of amides is 4. The molecule has 3 aromatic rings. The second-order valence-corrected chi connectivity index (χ2v) is 9.27. The molecule has 4 amide bonds. The van der Waals surface area contributed by atoms with E-state index in [1.807, 2.05) is 62.4 Å². The Kier molecular flexibility index (Phi) is 6.64. The first-order chi connectivity index (χ1) is 16.3. The Balaban J connectivity index is 1.37. The number of aryl methyl sites for hydroxylation is 3. The molecule has 2 N–H and O–H groups in total. The van der Waals surface area contributed by atoms with Crippen molar-refractivity contribution >= 4 is 29.6 Å². The Bertz CT molecular complexity index is 1210. The van der Waals surface area contributed by atoms with Crippen LogP contribution in [0.1, 0.15) is 30.0 Å². The largest absolute Gasteiger partial charge is 0.344 e. The van der Waals surface area contributed by atoms with Crippen molar-refractivity contribution < 1.29 is 14.4 Å². The van der Waals surface area contributed by atoms with Crippen LogP contribution in [0.2, 0.25) is 0 Å². The van der Waals surface area contributed by atoms with Gasteiger partial charge in [0.05, 0.1) is 11.4 Å². The van der Waals surface area contributed by atoms with E-state index < -0.39 is 23.4 Å². The number of carbonyl (C=O) groups is 3. The number of thioether (sulfide) groups is 1. The van der Waals surface area contributed by atoms with Crippen LogP contribution in [0.25, 0.3) is 5.69 Å². The van der Waals surface area contributed by atoms with Crippen LogP contribution in [0.15, 0.2) is 53.7 Å². The van der Waals surface area contributed by atoms with Crippen molar-refractivity contribution in [3.63, 3.8) is 0 Å². The van der Waals surface area contributed by atoms with E-state index >= 15 is 0 Å². The molecule has 10 nitrogen and oxygen atoms in total. The van der Waals surface area contributed by atoms with Crippen molar-refractivity contribution in [2.75, 3.05) is 5.75 Å². The van der Waals surface area contributed by atoms with E-state index in [0.29, 0.717) is 18.0 Å². The van der Waals surface area contributed by atoms with Crippen LogP contribution in [0.5, 0.6) is 0 Å². The Morgan fingerprint density at radius 1 is 1.09 bits per heavy atom. The maximum Gasteiger partial charge on any atom is 0.344 e. The molecule has 4 rings (SSSR count). The first-order valence-corrected chi connectivity index (χ1v) is 11.7. The van der Waals surface area contributed by atoms with E-state index in [-0.39, 0.29) is 5.75 Å². The molecule has 0 aliphatic carbocycles. The highest BCUT2D eigenvalue weighted by Crippen LogP contribution is 2.24. The van der Waals surface area contributed by atoms with Crippen molar-refractivity contribution in [2.24, 2.45) is 0 Å². The van der Waals surface area contributed by atoms with E-state index in [0.717, 1.165) is 39.1 Å². The predicted octanol–water partition coefficient (Wildman–Crippen LogP) is 2.35. The van der Waals surface area contributed by atoms with E-state index in [2.05, 4.69) is 26.3 Å². The van der Waals surface area contributed by atoms with Crippen molar-refractivity contribution in [3.05, 3.63) is 65.2 Å². The lowest BCUT2D eigenvalue weighted by molar-refractivity contribution is -0.138. The van der Waals surface area contributed by atoms with Crippen LogP contribution in [0.3, 0.4) is 0 Å². The number of rotatable bonds is 8. The molecular formula is C23H25N7O3S. The van der Waals surface area contributed by atoms with Gasteiger partial charge in [0.1, 0.15) is 5.54 Å². The zero-order valence-corrected chi connectivity index (χ0v) is 19.9. The zero-order valence-electron chi connectivity index (χ0n) is 19.1. The molecule has 34 heavy (non-hydrogen) atoms. The number of carbonyl (C=O) groups excluding carboxylic acids is 3. The van der Waals surface area contributed by atoms with Crippen LogP contribution >= 0.6 is 11.8 Å². The van der Waals surface area contributed by atoms with Gasteiger partial charge in [-0.1, -0.05) is 60.3 Å². The molecule has 1 saturated heterocycles. The van der Waals surface area contributed by atoms with E-state index in [4.69, 9.17) is 0 Å². The van der Waals surface area contributed by atoms with Gasteiger partial charge in [-0.2, -0.15) is 9.69 Å². The number of tetrazole rings is 1. The molecule has 0 radical (unpaired) electrons. The normalized spacial score (nSPS) is 17.7. The Morgan fingerprint density at radius 2 is 1.79 bits per heavy atom. The molecule has 0 bridgehead atoms. The molecule has 1 fully saturated rings. The number of benzene rings is 2. The number of urea groups is 1. The first-order valence-electron chi connectivity index (χ1n) is 10.8. The maximum absolute atomic E-state index is 12.9. The smallest absolute Gasteiger partial charge is 0.322 e. The quantitative estimate of drug-likeness (QED) is 0.376. The summed E-state index contributed by atoms with van der Waals surface area (Å²) in [5.41, 5.74) is 5.21. The van der Waals surface area contributed by atoms with Gasteiger partial charge in [0.25, 0.3) is 5.91 Å². The summed E-state index contributed by atoms with van der Waals surface area (Å²) < 4.78 is 1.58. The summed E-state index contributed by atoms with van der Waals surface area (Å²) in [6.45, 7) is 5.57. The lowest BCUT2D eigenvalue weighted by Gasteiger charge is -2.21. The van der Waals surface area contributed by atoms with Gasteiger partial charge in [0.15, 0.2) is 0 Å². The number of hydrazine groups is 1. The van der Waals surface area contributed by atoms with Crippen LogP contribution < -0.4 is 10.7 Å². The number of nitrogens with one attached hydrogen (secondary N) is 2. The summed E-state index contributed by atoms with van der Waals surface area (Å²) in [6, 6.07) is 14.9. The van der Waals surface area contributed by atoms with Gasteiger partial charge in [0, 0.05) is 0 Å². The van der Waals surface area contributed by atoms with Gasteiger partial charge in [-0.25, -0.2) is 4.79 Å². The van der Waals surface area contributed by atoms with Crippen molar-refractivity contribution in [3.8, 4) is 5.69 Å². The lowest BCUT2D eigenvalue weighted by atomic mass is 9.93. The summed E-state index contributed by atoms with van der Waals surface area (Å²) in [6.07, 6.45) is 1.02. The highest BCUT2D eigenvalue weighted by Gasteiger charge is 2.48. The van der Waals surface area contributed by atoms with E-state index in [1.54, 1.807) is 11.6 Å². The van der Waals surface area contributed by atoms with Gasteiger partial charge in [-0.3, -0.25) is 15.0 Å². The highest BCUT2D eigenvalue weighted by atomic mass is 32.2. The molecule has 11 heteroatoms. The SMILES string of the molecule is Cc1cccc(C)c1-n1nnnc1SCC(=O)NN1C(=O)NC(C)(CCc2ccccc2)C1=O. The molecule has 2 aromatic carbocycles. The fraction of sp³-hybridized carbons (Fsp3) is 0.304. The third-order valence-corrected chi connectivity index (χ3v) is 6.60. The molecule has 0 saturated carbocycles. The van der Waals surface area contributed by atoms with Crippen LogP contribution in [-0.4, -0.2) is 54.4 Å². The lowest BCUT2D eigenvalue weighted by Crippen LogP contribution is -2.49. The molecular weight excluding hydrogens is 454 g/mol. The standard InChI is InChI=1S/C23H25N7O3S/c1-15-8-7-9-16(2)19(15)29-22(25-27-28-29)34-14-18(31)26-30-20(32)23(3,24-21(30)33)13-12-17-10-5-4-6-11-17/h4-11H,12-14H2,1-3H3,(H,24,33)(H,26,31). The molecule has 0 spiro atoms. The summed E-state index contributed by atoms with van der Waals surface area (Å²) in [4.78, 5) is 37.9. The predicted molar refractivity (Wildman–Crippen MR) is 126 cm³/mol. The number of para-hydroxylation sites is 1. The number of aromatic nitrogens is 4. The molecule has 176 valence electrons. The number of imide groups is 1. The third-order valence-electron chi connectivity index (χ3n) is 5.68. The van der Waals surface area contributed by atoms with Gasteiger partial charge < -0.3 is 5.32 Å². The zero-order chi connectivity index (χ0) is 24.3. The second kappa shape index (κ2) is 9.64. The number of hydrogen-bond donors (Lipinski definition) is 2. The average molecular weight is 480 g/mol. The Labute approximate surface area is 201 Å². The minimum Gasteiger partial charge on any atom is -0.322 e. The van der Waals surface area contributed by atoms with Crippen molar-refractivity contribution in [1.29, 1.82) is 0 Å². The Morgan fingerprint density at radius 3 is 2.50 bits per heavy atom. The minimum absolute atomic E-state index is 0.0803. The molecule has 1 aliphatic rings. The molecule has 1 aliphatic heterocycles. The number of nitrogens with zero attached hydrogens (tertiary/aromatic N) is 5.